The molecule has 0 heterocycles. The normalized spacial score (nSPS) is 38.0. The van der Waals surface area contributed by atoms with E-state index in [4.69, 9.17) is 10.5 Å². The molecule has 2 N–H and O–H groups in total. The molecule has 0 amide bonds. The summed E-state index contributed by atoms with van der Waals surface area (Å²) in [5.74, 6) is 0. The Morgan fingerprint density at radius 3 is 2.39 bits per heavy atom. The van der Waals surface area contributed by atoms with E-state index in [-0.39, 0.29) is 0 Å². The molecule has 0 saturated heterocycles. The molecule has 3 heteroatoms. The van der Waals surface area contributed by atoms with Crippen molar-refractivity contribution in [2.75, 3.05) is 13.7 Å². The van der Waals surface area contributed by atoms with Crippen molar-refractivity contribution in [3.8, 4) is 0 Å². The van der Waals surface area contributed by atoms with Gasteiger partial charge < -0.3 is 10.5 Å². The van der Waals surface area contributed by atoms with Gasteiger partial charge in [-0.25, -0.2) is 0 Å². The molecule has 2 aliphatic carbocycles. The molecular formula is C15H30N2O. The van der Waals surface area contributed by atoms with E-state index in [1.807, 2.05) is 7.11 Å². The Labute approximate surface area is 112 Å². The molecule has 2 aliphatic rings. The maximum Gasteiger partial charge on any atom is 0.0586 e. The second-order valence-corrected chi connectivity index (χ2v) is 6.08. The van der Waals surface area contributed by atoms with Crippen LogP contribution in [-0.2, 0) is 4.74 Å². The molecule has 3 nitrogen and oxygen atoms in total. The lowest BCUT2D eigenvalue weighted by Crippen LogP contribution is -2.48. The van der Waals surface area contributed by atoms with Crippen molar-refractivity contribution in [1.29, 1.82) is 0 Å². The van der Waals surface area contributed by atoms with E-state index in [0.717, 1.165) is 12.1 Å². The lowest BCUT2D eigenvalue weighted by molar-refractivity contribution is 0.00902. The van der Waals surface area contributed by atoms with E-state index in [1.165, 1.54) is 57.9 Å². The first kappa shape index (κ1) is 14.3. The predicted molar refractivity (Wildman–Crippen MR) is 75.7 cm³/mol. The third-order valence-electron chi connectivity index (χ3n) is 4.98. The first-order chi connectivity index (χ1) is 8.74. The van der Waals surface area contributed by atoms with Crippen LogP contribution in [0.25, 0.3) is 0 Å². The smallest absolute Gasteiger partial charge is 0.0586 e. The van der Waals surface area contributed by atoms with E-state index in [1.54, 1.807) is 0 Å². The maximum atomic E-state index is 6.02. The van der Waals surface area contributed by atoms with Crippen molar-refractivity contribution < 1.29 is 4.74 Å². The summed E-state index contributed by atoms with van der Waals surface area (Å²) >= 11 is 0. The van der Waals surface area contributed by atoms with E-state index >= 15 is 0 Å². The summed E-state index contributed by atoms with van der Waals surface area (Å²) in [6.45, 7) is 3.49. The van der Waals surface area contributed by atoms with Crippen LogP contribution in [0, 0.1) is 0 Å². The zero-order valence-corrected chi connectivity index (χ0v) is 12.1. The molecule has 106 valence electrons. The predicted octanol–water partition coefficient (Wildman–Crippen LogP) is 2.54. The van der Waals surface area contributed by atoms with Crippen LogP contribution in [0.2, 0.25) is 0 Å². The number of nitrogens with two attached hydrogens (primary N) is 1. The summed E-state index contributed by atoms with van der Waals surface area (Å²) in [5, 5.41) is 0. The van der Waals surface area contributed by atoms with Gasteiger partial charge in [-0.15, -0.1) is 0 Å². The van der Waals surface area contributed by atoms with Crippen molar-refractivity contribution in [2.24, 2.45) is 5.73 Å². The lowest BCUT2D eigenvalue weighted by atomic mass is 9.86. The molecule has 0 aromatic carbocycles. The molecule has 0 aromatic heterocycles. The Kier molecular flexibility index (Phi) is 5.46. The first-order valence-electron chi connectivity index (χ1n) is 7.78. The van der Waals surface area contributed by atoms with Crippen LogP contribution >= 0.6 is 0 Å². The monoisotopic (exact) mass is 254 g/mol. The van der Waals surface area contributed by atoms with Gasteiger partial charge in [0.05, 0.1) is 6.10 Å². The molecule has 0 radical (unpaired) electrons. The molecule has 2 fully saturated rings. The highest BCUT2D eigenvalue weighted by atomic mass is 16.5. The second kappa shape index (κ2) is 6.88. The molecule has 2 unspecified atom stereocenters. The third-order valence-corrected chi connectivity index (χ3v) is 4.98. The molecule has 0 aliphatic heterocycles. The Morgan fingerprint density at radius 2 is 1.78 bits per heavy atom. The second-order valence-electron chi connectivity index (χ2n) is 6.08. The molecule has 2 saturated carbocycles. The standard InChI is InChI=1S/C15H30N2O/c1-3-17(13-9-7-12(16)8-10-13)14-5-4-6-15(11-14)18-2/h12-15H,3-11,16H2,1-2H3. The fourth-order valence-electron chi connectivity index (χ4n) is 3.88. The summed E-state index contributed by atoms with van der Waals surface area (Å²) in [6, 6.07) is 1.97. The quantitative estimate of drug-likeness (QED) is 0.838. The lowest BCUT2D eigenvalue weighted by Gasteiger charge is -2.43. The van der Waals surface area contributed by atoms with Crippen molar-refractivity contribution in [1.82, 2.24) is 4.90 Å². The van der Waals surface area contributed by atoms with Gasteiger partial charge in [0.15, 0.2) is 0 Å². The first-order valence-corrected chi connectivity index (χ1v) is 7.78. The van der Waals surface area contributed by atoms with Gasteiger partial charge in [0, 0.05) is 25.2 Å². The highest BCUT2D eigenvalue weighted by Crippen LogP contribution is 2.30. The third kappa shape index (κ3) is 3.46. The molecule has 0 bridgehead atoms. The van der Waals surface area contributed by atoms with E-state index < -0.39 is 0 Å². The highest BCUT2D eigenvalue weighted by molar-refractivity contribution is 4.87. The topological polar surface area (TPSA) is 38.5 Å². The van der Waals surface area contributed by atoms with Gasteiger partial charge in [0.2, 0.25) is 0 Å². The fraction of sp³-hybridized carbons (Fsp3) is 1.00. The minimum absolute atomic E-state index is 0.457. The van der Waals surface area contributed by atoms with Gasteiger partial charge >= 0.3 is 0 Å². The SMILES string of the molecule is CCN(C1CCC(N)CC1)C1CCCC(OC)C1. The summed E-state index contributed by atoms with van der Waals surface area (Å²) in [5.41, 5.74) is 6.02. The molecule has 2 atom stereocenters. The van der Waals surface area contributed by atoms with Crippen molar-refractivity contribution in [3.05, 3.63) is 0 Å². The number of ether oxygens (including phenoxy) is 1. The van der Waals surface area contributed by atoms with Crippen molar-refractivity contribution >= 4 is 0 Å². The van der Waals surface area contributed by atoms with Gasteiger partial charge in [0.25, 0.3) is 0 Å². The van der Waals surface area contributed by atoms with Crippen LogP contribution in [0.3, 0.4) is 0 Å². The average Bonchev–Trinajstić information content (AvgIpc) is 2.42. The van der Waals surface area contributed by atoms with Crippen LogP contribution in [-0.4, -0.2) is 42.8 Å². The van der Waals surface area contributed by atoms with Gasteiger partial charge in [-0.05, 0) is 57.9 Å². The van der Waals surface area contributed by atoms with Crippen molar-refractivity contribution in [3.63, 3.8) is 0 Å². The average molecular weight is 254 g/mol. The van der Waals surface area contributed by atoms with Gasteiger partial charge in [0.1, 0.15) is 0 Å². The van der Waals surface area contributed by atoms with Gasteiger partial charge in [-0.2, -0.15) is 0 Å². The Bertz CT molecular complexity index is 239. The minimum atomic E-state index is 0.457. The van der Waals surface area contributed by atoms with Crippen LogP contribution in [0.1, 0.15) is 58.3 Å². The van der Waals surface area contributed by atoms with Crippen LogP contribution in [0.5, 0.6) is 0 Å². The summed E-state index contributed by atoms with van der Waals surface area (Å²) < 4.78 is 5.57. The largest absolute Gasteiger partial charge is 0.381 e. The molecule has 18 heavy (non-hydrogen) atoms. The van der Waals surface area contributed by atoms with Crippen LogP contribution in [0.15, 0.2) is 0 Å². The zero-order valence-electron chi connectivity index (χ0n) is 12.1. The molecule has 2 rings (SSSR count). The van der Waals surface area contributed by atoms with Crippen LogP contribution in [0.4, 0.5) is 0 Å². The Balaban J connectivity index is 1.91. The molecule has 0 aromatic rings. The van der Waals surface area contributed by atoms with Crippen molar-refractivity contribution in [2.45, 2.75) is 82.5 Å². The van der Waals surface area contributed by atoms with E-state index in [2.05, 4.69) is 11.8 Å². The number of methoxy groups -OCH3 is 1. The summed E-state index contributed by atoms with van der Waals surface area (Å²) in [4.78, 5) is 2.75. The minimum Gasteiger partial charge on any atom is -0.381 e. The van der Waals surface area contributed by atoms with E-state index in [0.29, 0.717) is 12.1 Å². The van der Waals surface area contributed by atoms with Crippen LogP contribution < -0.4 is 5.73 Å². The zero-order chi connectivity index (χ0) is 13.0. The molecule has 0 spiro atoms. The van der Waals surface area contributed by atoms with E-state index in [9.17, 15) is 0 Å². The number of hydrogen-bond donors (Lipinski definition) is 1. The van der Waals surface area contributed by atoms with Gasteiger partial charge in [-0.3, -0.25) is 4.90 Å². The fourth-order valence-corrected chi connectivity index (χ4v) is 3.88. The summed E-state index contributed by atoms with van der Waals surface area (Å²) in [7, 11) is 1.86. The Hall–Kier alpha value is -0.120. The maximum absolute atomic E-state index is 6.02. The number of nitrogens with zero attached hydrogens (tertiary/aromatic N) is 1. The van der Waals surface area contributed by atoms with Gasteiger partial charge in [-0.1, -0.05) is 6.92 Å². The number of rotatable bonds is 4. The number of hydrogen-bond acceptors (Lipinski definition) is 3. The highest BCUT2D eigenvalue weighted by Gasteiger charge is 2.31. The Morgan fingerprint density at radius 1 is 1.06 bits per heavy atom. The summed E-state index contributed by atoms with van der Waals surface area (Å²) in [6.07, 6.45) is 10.7. The molecular weight excluding hydrogens is 224 g/mol.